The molecule has 0 aliphatic carbocycles. The van der Waals surface area contributed by atoms with Crippen LogP contribution < -0.4 is 5.32 Å². The van der Waals surface area contributed by atoms with Crippen molar-refractivity contribution in [2.75, 3.05) is 6.54 Å². The summed E-state index contributed by atoms with van der Waals surface area (Å²) in [4.78, 5) is 12.1. The van der Waals surface area contributed by atoms with E-state index in [0.717, 1.165) is 0 Å². The standard InChI is InChI=1S/C12H21F2NO/c1-7-8(11(13)14)5-6-15-9(7)10(16)12(2,3)4/h7-9,11,15H,5-6H2,1-4H3. The molecule has 1 aliphatic rings. The van der Waals surface area contributed by atoms with Crippen molar-refractivity contribution in [3.05, 3.63) is 0 Å². The Balaban J connectivity index is 2.78. The minimum absolute atomic E-state index is 0.0327. The second-order valence-electron chi connectivity index (χ2n) is 5.69. The predicted octanol–water partition coefficient (Wildman–Crippen LogP) is 2.48. The van der Waals surface area contributed by atoms with Gasteiger partial charge in [-0.15, -0.1) is 0 Å². The topological polar surface area (TPSA) is 29.1 Å². The number of Topliss-reactive ketones (excluding diaryl/α,β-unsaturated/α-hetero) is 1. The maximum absolute atomic E-state index is 12.8. The van der Waals surface area contributed by atoms with Gasteiger partial charge in [0.05, 0.1) is 6.04 Å². The lowest BCUT2D eigenvalue weighted by atomic mass is 9.75. The second-order valence-corrected chi connectivity index (χ2v) is 5.69. The molecule has 0 aromatic heterocycles. The summed E-state index contributed by atoms with van der Waals surface area (Å²) in [6.45, 7) is 7.74. The van der Waals surface area contributed by atoms with Gasteiger partial charge in [0, 0.05) is 11.3 Å². The van der Waals surface area contributed by atoms with Crippen molar-refractivity contribution in [2.45, 2.75) is 46.6 Å². The van der Waals surface area contributed by atoms with E-state index in [9.17, 15) is 13.6 Å². The zero-order valence-electron chi connectivity index (χ0n) is 10.4. The average molecular weight is 233 g/mol. The zero-order valence-corrected chi connectivity index (χ0v) is 10.4. The lowest BCUT2D eigenvalue weighted by molar-refractivity contribution is -0.132. The lowest BCUT2D eigenvalue weighted by Crippen LogP contribution is -2.54. The Morgan fingerprint density at radius 1 is 1.38 bits per heavy atom. The fourth-order valence-corrected chi connectivity index (χ4v) is 2.25. The van der Waals surface area contributed by atoms with Crippen molar-refractivity contribution >= 4 is 5.78 Å². The molecule has 4 heteroatoms. The van der Waals surface area contributed by atoms with Gasteiger partial charge >= 0.3 is 0 Å². The highest BCUT2D eigenvalue weighted by molar-refractivity contribution is 5.89. The summed E-state index contributed by atoms with van der Waals surface area (Å²) in [5, 5.41) is 3.08. The van der Waals surface area contributed by atoms with Crippen LogP contribution in [0.25, 0.3) is 0 Å². The molecule has 0 radical (unpaired) electrons. The number of alkyl halides is 2. The van der Waals surface area contributed by atoms with E-state index in [-0.39, 0.29) is 11.7 Å². The normalized spacial score (nSPS) is 31.8. The van der Waals surface area contributed by atoms with E-state index in [1.165, 1.54) is 0 Å². The lowest BCUT2D eigenvalue weighted by Gasteiger charge is -2.38. The molecule has 16 heavy (non-hydrogen) atoms. The van der Waals surface area contributed by atoms with E-state index in [4.69, 9.17) is 0 Å². The number of carbonyl (C=O) groups excluding carboxylic acids is 1. The van der Waals surface area contributed by atoms with Crippen molar-refractivity contribution in [3.63, 3.8) is 0 Å². The van der Waals surface area contributed by atoms with Crippen LogP contribution in [0.5, 0.6) is 0 Å². The minimum Gasteiger partial charge on any atom is -0.307 e. The molecule has 1 aliphatic heterocycles. The molecule has 1 fully saturated rings. The van der Waals surface area contributed by atoms with Crippen molar-refractivity contribution in [3.8, 4) is 0 Å². The Hall–Kier alpha value is -0.510. The first-order chi connectivity index (χ1) is 7.25. The number of nitrogens with one attached hydrogen (secondary N) is 1. The molecule has 1 rings (SSSR count). The van der Waals surface area contributed by atoms with Gasteiger partial charge in [0.25, 0.3) is 0 Å². The summed E-state index contributed by atoms with van der Waals surface area (Å²) in [5.74, 6) is -0.914. The maximum Gasteiger partial charge on any atom is 0.241 e. The molecule has 0 saturated carbocycles. The Morgan fingerprint density at radius 2 is 1.94 bits per heavy atom. The van der Waals surface area contributed by atoms with Crippen molar-refractivity contribution < 1.29 is 13.6 Å². The molecule has 0 spiro atoms. The van der Waals surface area contributed by atoms with Gasteiger partial charge in [-0.2, -0.15) is 0 Å². The molecule has 0 bridgehead atoms. The van der Waals surface area contributed by atoms with Crippen molar-refractivity contribution in [1.82, 2.24) is 5.32 Å². The smallest absolute Gasteiger partial charge is 0.241 e. The van der Waals surface area contributed by atoms with Crippen LogP contribution in [-0.2, 0) is 4.79 Å². The Bertz CT molecular complexity index is 260. The summed E-state index contributed by atoms with van der Waals surface area (Å²) in [6.07, 6.45) is -1.88. The molecule has 0 aromatic carbocycles. The van der Waals surface area contributed by atoms with Gasteiger partial charge in [0.2, 0.25) is 6.43 Å². The fraction of sp³-hybridized carbons (Fsp3) is 0.917. The van der Waals surface area contributed by atoms with Crippen LogP contribution in [0, 0.1) is 17.3 Å². The van der Waals surface area contributed by atoms with Gasteiger partial charge in [0.15, 0.2) is 5.78 Å². The average Bonchev–Trinajstić information content (AvgIpc) is 2.15. The zero-order chi connectivity index (χ0) is 12.5. The molecular weight excluding hydrogens is 212 g/mol. The minimum atomic E-state index is -2.33. The van der Waals surface area contributed by atoms with E-state index in [0.29, 0.717) is 13.0 Å². The summed E-state index contributed by atoms with van der Waals surface area (Å²) >= 11 is 0. The van der Waals surface area contributed by atoms with Crippen LogP contribution in [-0.4, -0.2) is 24.8 Å². The molecule has 1 heterocycles. The first-order valence-electron chi connectivity index (χ1n) is 5.81. The highest BCUT2D eigenvalue weighted by Crippen LogP contribution is 2.32. The molecule has 0 aromatic rings. The molecule has 3 unspecified atom stereocenters. The van der Waals surface area contributed by atoms with Crippen LogP contribution >= 0.6 is 0 Å². The van der Waals surface area contributed by atoms with E-state index >= 15 is 0 Å². The van der Waals surface area contributed by atoms with Gasteiger partial charge in [-0.05, 0) is 18.9 Å². The van der Waals surface area contributed by atoms with E-state index < -0.39 is 23.8 Å². The van der Waals surface area contributed by atoms with Crippen LogP contribution in [0.15, 0.2) is 0 Å². The van der Waals surface area contributed by atoms with Gasteiger partial charge in [-0.25, -0.2) is 8.78 Å². The van der Waals surface area contributed by atoms with E-state index in [1.54, 1.807) is 6.92 Å². The van der Waals surface area contributed by atoms with Gasteiger partial charge < -0.3 is 5.32 Å². The molecule has 94 valence electrons. The van der Waals surface area contributed by atoms with Gasteiger partial charge in [0.1, 0.15) is 0 Å². The number of ketones is 1. The van der Waals surface area contributed by atoms with Gasteiger partial charge in [-0.1, -0.05) is 27.7 Å². The highest BCUT2D eigenvalue weighted by atomic mass is 19.3. The van der Waals surface area contributed by atoms with E-state index in [2.05, 4.69) is 5.32 Å². The molecule has 1 saturated heterocycles. The molecule has 3 atom stereocenters. The number of piperidine rings is 1. The fourth-order valence-electron chi connectivity index (χ4n) is 2.25. The van der Waals surface area contributed by atoms with Crippen LogP contribution in [0.3, 0.4) is 0 Å². The van der Waals surface area contributed by atoms with Crippen LogP contribution in [0.4, 0.5) is 8.78 Å². The summed E-state index contributed by atoms with van der Waals surface area (Å²) in [6, 6.07) is -0.423. The molecule has 2 nitrogen and oxygen atoms in total. The van der Waals surface area contributed by atoms with Crippen LogP contribution in [0.1, 0.15) is 34.1 Å². The number of hydrogen-bond acceptors (Lipinski definition) is 2. The summed E-state index contributed by atoms with van der Waals surface area (Å²) < 4.78 is 25.5. The molecular formula is C12H21F2NO. The highest BCUT2D eigenvalue weighted by Gasteiger charge is 2.41. The quantitative estimate of drug-likeness (QED) is 0.794. The Morgan fingerprint density at radius 3 is 2.38 bits per heavy atom. The second kappa shape index (κ2) is 4.78. The third-order valence-corrected chi connectivity index (χ3v) is 3.39. The van der Waals surface area contributed by atoms with Gasteiger partial charge in [-0.3, -0.25) is 4.79 Å². The third-order valence-electron chi connectivity index (χ3n) is 3.39. The van der Waals surface area contributed by atoms with Crippen molar-refractivity contribution in [1.29, 1.82) is 0 Å². The number of halogens is 2. The molecule has 1 N–H and O–H groups in total. The van der Waals surface area contributed by atoms with E-state index in [1.807, 2.05) is 20.8 Å². The third kappa shape index (κ3) is 2.78. The number of rotatable bonds is 2. The summed E-state index contributed by atoms with van der Waals surface area (Å²) in [7, 11) is 0. The number of hydrogen-bond donors (Lipinski definition) is 1. The predicted molar refractivity (Wildman–Crippen MR) is 59.5 cm³/mol. The number of carbonyl (C=O) groups is 1. The maximum atomic E-state index is 12.8. The Labute approximate surface area is 95.8 Å². The van der Waals surface area contributed by atoms with Crippen LogP contribution in [0.2, 0.25) is 0 Å². The molecule has 0 amide bonds. The SMILES string of the molecule is CC1C(C(=O)C(C)(C)C)NCCC1C(F)F. The first kappa shape index (κ1) is 13.6. The largest absolute Gasteiger partial charge is 0.307 e. The van der Waals surface area contributed by atoms with Crippen molar-refractivity contribution in [2.24, 2.45) is 17.3 Å². The Kier molecular flexibility index (Phi) is 4.05. The monoisotopic (exact) mass is 233 g/mol. The summed E-state index contributed by atoms with van der Waals surface area (Å²) in [5.41, 5.74) is -0.476. The first-order valence-corrected chi connectivity index (χ1v) is 5.81.